The van der Waals surface area contributed by atoms with Crippen LogP contribution in [-0.4, -0.2) is 6.18 Å². The number of hydrogen-bond acceptors (Lipinski definition) is 1. The maximum atomic E-state index is 11.9. The summed E-state index contributed by atoms with van der Waals surface area (Å²) in [5, 5.41) is 0. The Morgan fingerprint density at radius 2 is 1.82 bits per heavy atom. The van der Waals surface area contributed by atoms with E-state index in [1.807, 2.05) is 0 Å². The quantitative estimate of drug-likeness (QED) is 0.581. The van der Waals surface area contributed by atoms with Crippen molar-refractivity contribution in [1.82, 2.24) is 0 Å². The van der Waals surface area contributed by atoms with Crippen LogP contribution in [-0.2, 0) is 0 Å². The largest absolute Gasteiger partial charge is 0.412 e. The molecule has 1 aliphatic carbocycles. The number of halogens is 3. The van der Waals surface area contributed by atoms with Crippen molar-refractivity contribution in [1.29, 1.82) is 0 Å². The predicted octanol–water partition coefficient (Wildman–Crippen LogP) is 2.11. The molecule has 0 radical (unpaired) electrons. The first-order valence-electron chi connectivity index (χ1n) is 3.22. The Hall–Kier alpha value is -0.930. The molecule has 0 amide bonds. The van der Waals surface area contributed by atoms with Gasteiger partial charge in [-0.15, -0.1) is 0 Å². The average Bonchev–Trinajstić information content (AvgIpc) is 1.86. The van der Waals surface area contributed by atoms with Crippen LogP contribution in [0.5, 0.6) is 0 Å². The van der Waals surface area contributed by atoms with Crippen LogP contribution in [0.4, 0.5) is 13.2 Å². The molecule has 0 bridgehead atoms. The first-order valence-corrected chi connectivity index (χ1v) is 3.22. The summed E-state index contributed by atoms with van der Waals surface area (Å²) in [5.74, 6) is 0. The molecule has 0 aromatic heterocycles. The van der Waals surface area contributed by atoms with Gasteiger partial charge < -0.3 is 5.73 Å². The summed E-state index contributed by atoms with van der Waals surface area (Å²) in [6, 6.07) is 0. The summed E-state index contributed by atoms with van der Waals surface area (Å²) < 4.78 is 35.8. The van der Waals surface area contributed by atoms with Crippen molar-refractivity contribution in [2.24, 2.45) is 5.73 Å². The van der Waals surface area contributed by atoms with E-state index in [0.717, 1.165) is 6.08 Å². The summed E-state index contributed by atoms with van der Waals surface area (Å²) in [6.07, 6.45) is -1.51. The number of allylic oxidation sites excluding steroid dienone is 4. The first-order chi connectivity index (χ1) is 5.00. The Bertz CT molecular complexity index is 212. The van der Waals surface area contributed by atoms with Crippen molar-refractivity contribution < 1.29 is 13.2 Å². The normalized spacial score (nSPS) is 19.2. The Morgan fingerprint density at radius 3 is 2.18 bits per heavy atom. The minimum absolute atomic E-state index is 0.00579. The molecule has 0 aromatic rings. The lowest BCUT2D eigenvalue weighted by molar-refractivity contribution is -0.0941. The smallest absolute Gasteiger partial charge is 0.402 e. The van der Waals surface area contributed by atoms with Gasteiger partial charge >= 0.3 is 6.18 Å². The highest BCUT2D eigenvalue weighted by molar-refractivity contribution is 5.25. The van der Waals surface area contributed by atoms with Gasteiger partial charge in [-0.05, 0) is 18.9 Å². The molecule has 0 fully saturated rings. The molecule has 0 spiro atoms. The predicted molar refractivity (Wildman–Crippen MR) is 35.6 cm³/mol. The first kappa shape index (κ1) is 8.17. The zero-order valence-corrected chi connectivity index (χ0v) is 5.78. The SMILES string of the molecule is NC1=CC=C(C(F)(F)F)CC1. The van der Waals surface area contributed by atoms with Gasteiger partial charge in [-0.1, -0.05) is 6.08 Å². The summed E-state index contributed by atoms with van der Waals surface area (Å²) in [5.41, 5.74) is 5.31. The highest BCUT2D eigenvalue weighted by Crippen LogP contribution is 2.31. The molecule has 0 atom stereocenters. The van der Waals surface area contributed by atoms with E-state index in [1.54, 1.807) is 0 Å². The number of nitrogens with two attached hydrogens (primary N) is 1. The molecule has 0 saturated carbocycles. The highest BCUT2D eigenvalue weighted by atomic mass is 19.4. The Kier molecular flexibility index (Phi) is 1.93. The van der Waals surface area contributed by atoms with Crippen molar-refractivity contribution >= 4 is 0 Å². The van der Waals surface area contributed by atoms with E-state index in [-0.39, 0.29) is 6.42 Å². The van der Waals surface area contributed by atoms with Crippen LogP contribution in [0.25, 0.3) is 0 Å². The summed E-state index contributed by atoms with van der Waals surface area (Å²) in [7, 11) is 0. The number of hydrogen-bond donors (Lipinski definition) is 1. The lowest BCUT2D eigenvalue weighted by Crippen LogP contribution is -2.15. The van der Waals surface area contributed by atoms with E-state index in [9.17, 15) is 13.2 Å². The molecule has 4 heteroatoms. The number of rotatable bonds is 0. The molecule has 1 nitrogen and oxygen atoms in total. The van der Waals surface area contributed by atoms with Crippen LogP contribution in [0.2, 0.25) is 0 Å². The maximum absolute atomic E-state index is 11.9. The summed E-state index contributed by atoms with van der Waals surface area (Å²) in [6.45, 7) is 0. The van der Waals surface area contributed by atoms with E-state index in [4.69, 9.17) is 5.73 Å². The van der Waals surface area contributed by atoms with Gasteiger partial charge in [0.25, 0.3) is 0 Å². The van der Waals surface area contributed by atoms with Crippen LogP contribution in [0, 0.1) is 0 Å². The van der Waals surface area contributed by atoms with Gasteiger partial charge in [0, 0.05) is 11.3 Å². The molecule has 0 saturated heterocycles. The molecule has 62 valence electrons. The fourth-order valence-electron chi connectivity index (χ4n) is 0.890. The van der Waals surface area contributed by atoms with E-state index in [0.29, 0.717) is 12.1 Å². The van der Waals surface area contributed by atoms with Crippen LogP contribution in [0.15, 0.2) is 23.4 Å². The Morgan fingerprint density at radius 1 is 1.18 bits per heavy atom. The average molecular weight is 163 g/mol. The van der Waals surface area contributed by atoms with Crippen LogP contribution < -0.4 is 5.73 Å². The molecular weight excluding hydrogens is 155 g/mol. The van der Waals surface area contributed by atoms with Gasteiger partial charge in [-0.3, -0.25) is 0 Å². The minimum Gasteiger partial charge on any atom is -0.402 e. The molecule has 0 aliphatic heterocycles. The van der Waals surface area contributed by atoms with Gasteiger partial charge in [-0.25, -0.2) is 0 Å². The van der Waals surface area contributed by atoms with Gasteiger partial charge in [0.15, 0.2) is 0 Å². The highest BCUT2D eigenvalue weighted by Gasteiger charge is 2.33. The van der Waals surface area contributed by atoms with Crippen molar-refractivity contribution in [3.05, 3.63) is 23.4 Å². The van der Waals surface area contributed by atoms with Crippen molar-refractivity contribution in [3.8, 4) is 0 Å². The third-order valence-electron chi connectivity index (χ3n) is 1.55. The monoisotopic (exact) mass is 163 g/mol. The van der Waals surface area contributed by atoms with E-state index in [1.165, 1.54) is 6.08 Å². The standard InChI is InChI=1S/C7H8F3N/c8-7(9,10)5-1-3-6(11)4-2-5/h1,3H,2,4,11H2. The fraction of sp³-hybridized carbons (Fsp3) is 0.429. The van der Waals surface area contributed by atoms with E-state index < -0.39 is 11.7 Å². The van der Waals surface area contributed by atoms with E-state index >= 15 is 0 Å². The van der Waals surface area contributed by atoms with E-state index in [2.05, 4.69) is 0 Å². The molecule has 2 N–H and O–H groups in total. The Labute approximate surface area is 62.4 Å². The molecular formula is C7H8F3N. The lowest BCUT2D eigenvalue weighted by atomic mass is 10.0. The topological polar surface area (TPSA) is 26.0 Å². The van der Waals surface area contributed by atoms with Crippen LogP contribution in [0.3, 0.4) is 0 Å². The van der Waals surface area contributed by atoms with Gasteiger partial charge in [-0.2, -0.15) is 13.2 Å². The Balaban J connectivity index is 2.77. The zero-order valence-electron chi connectivity index (χ0n) is 5.78. The minimum atomic E-state index is -4.18. The van der Waals surface area contributed by atoms with Gasteiger partial charge in [0.2, 0.25) is 0 Å². The lowest BCUT2D eigenvalue weighted by Gasteiger charge is -2.14. The second-order valence-corrected chi connectivity index (χ2v) is 2.43. The molecule has 1 aliphatic rings. The third kappa shape index (κ3) is 2.00. The van der Waals surface area contributed by atoms with Crippen LogP contribution >= 0.6 is 0 Å². The second-order valence-electron chi connectivity index (χ2n) is 2.43. The van der Waals surface area contributed by atoms with Crippen molar-refractivity contribution in [2.75, 3.05) is 0 Å². The number of alkyl halides is 3. The van der Waals surface area contributed by atoms with Gasteiger partial charge in [0.1, 0.15) is 0 Å². The molecule has 0 unspecified atom stereocenters. The van der Waals surface area contributed by atoms with Crippen molar-refractivity contribution in [3.63, 3.8) is 0 Å². The summed E-state index contributed by atoms with van der Waals surface area (Å²) in [4.78, 5) is 0. The fourth-order valence-corrected chi connectivity index (χ4v) is 0.890. The molecule has 0 aromatic carbocycles. The zero-order chi connectivity index (χ0) is 8.48. The maximum Gasteiger partial charge on any atom is 0.412 e. The van der Waals surface area contributed by atoms with Crippen molar-refractivity contribution in [2.45, 2.75) is 19.0 Å². The van der Waals surface area contributed by atoms with Gasteiger partial charge in [0.05, 0.1) is 0 Å². The molecule has 0 heterocycles. The third-order valence-corrected chi connectivity index (χ3v) is 1.55. The summed E-state index contributed by atoms with van der Waals surface area (Å²) >= 11 is 0. The molecule has 1 rings (SSSR count). The second kappa shape index (κ2) is 2.60. The van der Waals surface area contributed by atoms with Crippen LogP contribution in [0.1, 0.15) is 12.8 Å². The molecule has 11 heavy (non-hydrogen) atoms.